The van der Waals surface area contributed by atoms with E-state index < -0.39 is 15.9 Å². The molecule has 1 aliphatic rings. The number of primary sulfonamides is 1. The highest BCUT2D eigenvalue weighted by molar-refractivity contribution is 9.10. The summed E-state index contributed by atoms with van der Waals surface area (Å²) >= 11 is 3.23. The predicted molar refractivity (Wildman–Crippen MR) is 95.9 cm³/mol. The van der Waals surface area contributed by atoms with Gasteiger partial charge in [-0.3, -0.25) is 10.1 Å². The van der Waals surface area contributed by atoms with Gasteiger partial charge >= 0.3 is 0 Å². The average Bonchev–Trinajstić information content (AvgIpc) is 3.03. The molecule has 11 heteroatoms. The van der Waals surface area contributed by atoms with Crippen LogP contribution >= 0.6 is 15.9 Å². The first-order chi connectivity index (χ1) is 11.8. The lowest BCUT2D eigenvalue weighted by molar-refractivity contribution is 0.102. The van der Waals surface area contributed by atoms with Gasteiger partial charge in [0.05, 0.1) is 10.5 Å². The molecule has 0 spiro atoms. The maximum Gasteiger partial charge on any atom is 0.259 e. The molecule has 1 fully saturated rings. The number of sulfonamides is 1. The van der Waals surface area contributed by atoms with E-state index >= 15 is 0 Å². The standard InChI is InChI=1S/C14H17BrN6O3S/c15-11-5-4-9(25(16,23)24)8-10(11)12(22)17-13-18-14(20-19-13)21-6-2-1-3-7-21/h4-5,8H,1-3,6-7H2,(H2,16,23,24)(H2,17,18,19,20,22). The van der Waals surface area contributed by atoms with Gasteiger partial charge in [0, 0.05) is 17.6 Å². The number of aromatic amines is 1. The van der Waals surface area contributed by atoms with Crippen LogP contribution in [0.2, 0.25) is 0 Å². The van der Waals surface area contributed by atoms with Crippen molar-refractivity contribution in [3.63, 3.8) is 0 Å². The summed E-state index contributed by atoms with van der Waals surface area (Å²) in [5, 5.41) is 14.5. The number of hydrogen-bond donors (Lipinski definition) is 3. The van der Waals surface area contributed by atoms with Gasteiger partial charge in [0.2, 0.25) is 21.9 Å². The zero-order valence-corrected chi connectivity index (χ0v) is 15.6. The second kappa shape index (κ2) is 7.10. The normalized spacial score (nSPS) is 15.2. The van der Waals surface area contributed by atoms with E-state index in [4.69, 9.17) is 5.14 Å². The van der Waals surface area contributed by atoms with Crippen molar-refractivity contribution in [1.82, 2.24) is 15.2 Å². The number of anilines is 2. The number of carbonyl (C=O) groups excluding carboxylic acids is 1. The van der Waals surface area contributed by atoms with Crippen LogP contribution < -0.4 is 15.4 Å². The summed E-state index contributed by atoms with van der Waals surface area (Å²) in [6.07, 6.45) is 3.37. The Labute approximate surface area is 153 Å². The minimum atomic E-state index is -3.90. The quantitative estimate of drug-likeness (QED) is 0.674. The zero-order chi connectivity index (χ0) is 18.0. The van der Waals surface area contributed by atoms with E-state index in [2.05, 4.69) is 36.4 Å². The van der Waals surface area contributed by atoms with Crippen LogP contribution in [-0.2, 0) is 10.0 Å². The molecule has 9 nitrogen and oxygen atoms in total. The van der Waals surface area contributed by atoms with E-state index in [0.29, 0.717) is 10.4 Å². The maximum absolute atomic E-state index is 12.4. The number of nitrogens with zero attached hydrogens (tertiary/aromatic N) is 3. The molecule has 4 N–H and O–H groups in total. The Morgan fingerprint density at radius 2 is 2.00 bits per heavy atom. The summed E-state index contributed by atoms with van der Waals surface area (Å²) in [5.74, 6) is 0.199. The van der Waals surface area contributed by atoms with Crippen molar-refractivity contribution in [3.8, 4) is 0 Å². The smallest absolute Gasteiger partial charge is 0.259 e. The Balaban J connectivity index is 1.77. The molecule has 2 aromatic rings. The second-order valence-electron chi connectivity index (χ2n) is 5.67. The third-order valence-electron chi connectivity index (χ3n) is 3.86. The fourth-order valence-electron chi connectivity index (χ4n) is 2.57. The van der Waals surface area contributed by atoms with Crippen molar-refractivity contribution in [2.24, 2.45) is 5.14 Å². The Kier molecular flexibility index (Phi) is 5.06. The van der Waals surface area contributed by atoms with Gasteiger partial charge in [-0.15, -0.1) is 5.10 Å². The van der Waals surface area contributed by atoms with Gasteiger partial charge in [-0.2, -0.15) is 4.98 Å². The van der Waals surface area contributed by atoms with Gasteiger partial charge < -0.3 is 4.90 Å². The molecule has 0 unspecified atom stereocenters. The van der Waals surface area contributed by atoms with Crippen molar-refractivity contribution >= 4 is 43.8 Å². The van der Waals surface area contributed by atoms with Crippen LogP contribution in [0.15, 0.2) is 27.6 Å². The second-order valence-corrected chi connectivity index (χ2v) is 8.09. The largest absolute Gasteiger partial charge is 0.340 e. The molecule has 25 heavy (non-hydrogen) atoms. The fourth-order valence-corrected chi connectivity index (χ4v) is 3.54. The topological polar surface area (TPSA) is 134 Å². The molecular formula is C14H17BrN6O3S. The summed E-state index contributed by atoms with van der Waals surface area (Å²) in [5.41, 5.74) is 0.127. The lowest BCUT2D eigenvalue weighted by atomic mass is 10.1. The van der Waals surface area contributed by atoms with Crippen LogP contribution in [0.1, 0.15) is 29.6 Å². The molecule has 0 bridgehead atoms. The number of nitrogens with one attached hydrogen (secondary N) is 2. The molecular weight excluding hydrogens is 412 g/mol. The molecule has 0 aliphatic carbocycles. The average molecular weight is 429 g/mol. The SMILES string of the molecule is NS(=O)(=O)c1ccc(Br)c(C(=O)Nc2nc(N3CCCCC3)n[nH]2)c1. The molecule has 1 aromatic heterocycles. The first kappa shape index (κ1) is 17.8. The van der Waals surface area contributed by atoms with E-state index in [9.17, 15) is 13.2 Å². The van der Waals surface area contributed by atoms with Crippen molar-refractivity contribution in [3.05, 3.63) is 28.2 Å². The van der Waals surface area contributed by atoms with E-state index in [0.717, 1.165) is 25.9 Å². The molecule has 3 rings (SSSR count). The number of H-pyrrole nitrogens is 1. The molecule has 1 saturated heterocycles. The highest BCUT2D eigenvalue weighted by atomic mass is 79.9. The summed E-state index contributed by atoms with van der Waals surface area (Å²) in [4.78, 5) is 18.6. The van der Waals surface area contributed by atoms with Gasteiger partial charge in [-0.25, -0.2) is 18.7 Å². The lowest BCUT2D eigenvalue weighted by Crippen LogP contribution is -2.30. The molecule has 1 aromatic carbocycles. The van der Waals surface area contributed by atoms with Gasteiger partial charge in [0.1, 0.15) is 0 Å². The molecule has 2 heterocycles. The van der Waals surface area contributed by atoms with Gasteiger partial charge in [-0.1, -0.05) is 0 Å². The monoisotopic (exact) mass is 428 g/mol. The van der Waals surface area contributed by atoms with E-state index in [-0.39, 0.29) is 16.4 Å². The van der Waals surface area contributed by atoms with Gasteiger partial charge in [0.15, 0.2) is 0 Å². The number of amides is 1. The van der Waals surface area contributed by atoms with Crippen molar-refractivity contribution < 1.29 is 13.2 Å². The zero-order valence-electron chi connectivity index (χ0n) is 13.2. The molecule has 0 saturated carbocycles. The van der Waals surface area contributed by atoms with Crippen molar-refractivity contribution in [2.75, 3.05) is 23.3 Å². The summed E-state index contributed by atoms with van der Waals surface area (Å²) in [6, 6.07) is 3.98. The maximum atomic E-state index is 12.4. The lowest BCUT2D eigenvalue weighted by Gasteiger charge is -2.24. The minimum absolute atomic E-state index is 0.127. The third-order valence-corrected chi connectivity index (χ3v) is 5.46. The number of halogens is 1. The minimum Gasteiger partial charge on any atom is -0.340 e. The molecule has 0 atom stereocenters. The van der Waals surface area contributed by atoms with Crippen LogP contribution in [0.3, 0.4) is 0 Å². The number of piperidine rings is 1. The van der Waals surface area contributed by atoms with Gasteiger partial charge in [-0.05, 0) is 53.4 Å². The van der Waals surface area contributed by atoms with Gasteiger partial charge in [0.25, 0.3) is 5.91 Å². The van der Waals surface area contributed by atoms with Crippen molar-refractivity contribution in [1.29, 1.82) is 0 Å². The third kappa shape index (κ3) is 4.17. The van der Waals surface area contributed by atoms with Crippen LogP contribution in [0.4, 0.5) is 11.9 Å². The number of carbonyl (C=O) groups is 1. The Bertz CT molecular complexity index is 892. The van der Waals surface area contributed by atoms with Crippen LogP contribution in [0, 0.1) is 0 Å². The van der Waals surface area contributed by atoms with Crippen LogP contribution in [0.5, 0.6) is 0 Å². The van der Waals surface area contributed by atoms with Crippen molar-refractivity contribution in [2.45, 2.75) is 24.2 Å². The Morgan fingerprint density at radius 3 is 2.68 bits per heavy atom. The summed E-state index contributed by atoms with van der Waals surface area (Å²) in [7, 11) is -3.90. The van der Waals surface area contributed by atoms with E-state index in [1.54, 1.807) is 0 Å². The highest BCUT2D eigenvalue weighted by Gasteiger charge is 2.19. The first-order valence-corrected chi connectivity index (χ1v) is 9.99. The number of aromatic nitrogens is 3. The van der Waals surface area contributed by atoms with E-state index in [1.807, 2.05) is 4.90 Å². The summed E-state index contributed by atoms with van der Waals surface area (Å²) in [6.45, 7) is 1.76. The molecule has 134 valence electrons. The highest BCUT2D eigenvalue weighted by Crippen LogP contribution is 2.22. The predicted octanol–water partition coefficient (Wildman–Crippen LogP) is 1.46. The number of nitrogens with two attached hydrogens (primary N) is 1. The Hall–Kier alpha value is -1.98. The van der Waals surface area contributed by atoms with Crippen LogP contribution in [0.25, 0.3) is 0 Å². The molecule has 1 aliphatic heterocycles. The summed E-state index contributed by atoms with van der Waals surface area (Å²) < 4.78 is 23.3. The molecule has 1 amide bonds. The molecule has 0 radical (unpaired) electrons. The fraction of sp³-hybridized carbons (Fsp3) is 0.357. The number of rotatable bonds is 4. The first-order valence-electron chi connectivity index (χ1n) is 7.65. The number of benzene rings is 1. The number of hydrogen-bond acceptors (Lipinski definition) is 6. The Morgan fingerprint density at radius 1 is 1.28 bits per heavy atom. The van der Waals surface area contributed by atoms with E-state index in [1.165, 1.54) is 24.6 Å². The van der Waals surface area contributed by atoms with Crippen LogP contribution in [-0.4, -0.2) is 42.6 Å².